The van der Waals surface area contributed by atoms with Crippen molar-refractivity contribution in [3.05, 3.63) is 59.2 Å². The Hall–Kier alpha value is -2.03. The maximum atomic E-state index is 13.0. The Morgan fingerprint density at radius 3 is 2.75 bits per heavy atom. The lowest BCUT2D eigenvalue weighted by atomic mass is 10.1. The van der Waals surface area contributed by atoms with Crippen molar-refractivity contribution >= 4 is 12.2 Å². The van der Waals surface area contributed by atoms with Crippen LogP contribution in [0.5, 0.6) is 0 Å². The van der Waals surface area contributed by atoms with Gasteiger partial charge in [0.15, 0.2) is 0 Å². The van der Waals surface area contributed by atoms with Crippen LogP contribution in [-0.4, -0.2) is 10.2 Å². The second-order valence-electron chi connectivity index (χ2n) is 3.51. The highest BCUT2D eigenvalue weighted by atomic mass is 19.1. The molecule has 1 aromatic carbocycles. The fourth-order valence-electron chi connectivity index (χ4n) is 1.38. The van der Waals surface area contributed by atoms with Crippen LogP contribution in [0.1, 0.15) is 16.7 Å². The summed E-state index contributed by atoms with van der Waals surface area (Å²) in [5, 5.41) is 7.45. The van der Waals surface area contributed by atoms with Gasteiger partial charge in [-0.05, 0) is 41.8 Å². The summed E-state index contributed by atoms with van der Waals surface area (Å²) in [4.78, 5) is 0. The second-order valence-corrected chi connectivity index (χ2v) is 3.51. The molecule has 1 heterocycles. The van der Waals surface area contributed by atoms with Crippen molar-refractivity contribution in [3.8, 4) is 0 Å². The number of nitrogens with zero attached hydrogens (tertiary/aromatic N) is 2. The number of rotatable bonds is 2. The summed E-state index contributed by atoms with van der Waals surface area (Å²) >= 11 is 0. The first-order valence-corrected chi connectivity index (χ1v) is 4.96. The first-order chi connectivity index (χ1) is 7.75. The van der Waals surface area contributed by atoms with Crippen LogP contribution in [0.3, 0.4) is 0 Å². The largest absolute Gasteiger partial charge is 0.207 e. The van der Waals surface area contributed by atoms with Gasteiger partial charge in [-0.2, -0.15) is 10.2 Å². The zero-order chi connectivity index (χ0) is 11.4. The first kappa shape index (κ1) is 10.5. The van der Waals surface area contributed by atoms with Crippen LogP contribution in [0.15, 0.2) is 36.7 Å². The third-order valence-electron chi connectivity index (χ3n) is 2.30. The van der Waals surface area contributed by atoms with Crippen LogP contribution >= 0.6 is 0 Å². The van der Waals surface area contributed by atoms with Crippen molar-refractivity contribution in [2.45, 2.75) is 6.92 Å². The number of aryl methyl sites for hydroxylation is 1. The van der Waals surface area contributed by atoms with Crippen LogP contribution in [0, 0.1) is 12.7 Å². The van der Waals surface area contributed by atoms with E-state index in [9.17, 15) is 4.39 Å². The molecular formula is C13H11FN2. The molecule has 0 unspecified atom stereocenters. The molecule has 0 amide bonds. The predicted molar refractivity (Wildman–Crippen MR) is 62.1 cm³/mol. The molecule has 2 rings (SSSR count). The van der Waals surface area contributed by atoms with Crippen LogP contribution in [0.25, 0.3) is 12.2 Å². The van der Waals surface area contributed by atoms with Crippen molar-refractivity contribution in [1.29, 1.82) is 0 Å². The van der Waals surface area contributed by atoms with Crippen molar-refractivity contribution < 1.29 is 4.39 Å². The molecule has 0 atom stereocenters. The normalized spacial score (nSPS) is 10.9. The molecule has 0 fully saturated rings. The lowest BCUT2D eigenvalue weighted by Crippen LogP contribution is -1.83. The average molecular weight is 214 g/mol. The molecule has 1 aromatic heterocycles. The predicted octanol–water partition coefficient (Wildman–Crippen LogP) is 3.09. The molecule has 80 valence electrons. The van der Waals surface area contributed by atoms with Crippen molar-refractivity contribution in [1.82, 2.24) is 10.2 Å². The standard InChI is InChI=1S/C13H11FN2/c1-10-2-5-13(14)8-12(10)4-3-11-6-7-15-16-9-11/h2-9H,1H3. The molecular weight excluding hydrogens is 203 g/mol. The minimum Gasteiger partial charge on any atom is -0.207 e. The molecule has 0 aliphatic rings. The van der Waals surface area contributed by atoms with Gasteiger partial charge < -0.3 is 0 Å². The van der Waals surface area contributed by atoms with Gasteiger partial charge in [0, 0.05) is 0 Å². The summed E-state index contributed by atoms with van der Waals surface area (Å²) in [5.74, 6) is -0.224. The molecule has 2 aromatic rings. The Balaban J connectivity index is 2.27. The number of halogens is 1. The molecule has 0 saturated heterocycles. The van der Waals surface area contributed by atoms with E-state index in [4.69, 9.17) is 0 Å². The van der Waals surface area contributed by atoms with Crippen molar-refractivity contribution in [2.75, 3.05) is 0 Å². The lowest BCUT2D eigenvalue weighted by molar-refractivity contribution is 0.627. The zero-order valence-corrected chi connectivity index (χ0v) is 8.89. The van der Waals surface area contributed by atoms with E-state index in [-0.39, 0.29) is 5.82 Å². The maximum absolute atomic E-state index is 13.0. The lowest BCUT2D eigenvalue weighted by Gasteiger charge is -1.99. The summed E-state index contributed by atoms with van der Waals surface area (Å²) in [7, 11) is 0. The molecule has 16 heavy (non-hydrogen) atoms. The van der Waals surface area contributed by atoms with E-state index >= 15 is 0 Å². The van der Waals surface area contributed by atoms with Crippen molar-refractivity contribution in [2.24, 2.45) is 0 Å². The van der Waals surface area contributed by atoms with Gasteiger partial charge in [-0.1, -0.05) is 18.2 Å². The molecule has 0 bridgehead atoms. The van der Waals surface area contributed by atoms with E-state index in [2.05, 4.69) is 10.2 Å². The number of hydrogen-bond acceptors (Lipinski definition) is 2. The molecule has 0 N–H and O–H groups in total. The van der Waals surface area contributed by atoms with E-state index in [0.717, 1.165) is 16.7 Å². The topological polar surface area (TPSA) is 25.8 Å². The second kappa shape index (κ2) is 4.66. The Morgan fingerprint density at radius 2 is 2.00 bits per heavy atom. The highest BCUT2D eigenvalue weighted by molar-refractivity contribution is 5.70. The first-order valence-electron chi connectivity index (χ1n) is 4.96. The molecule has 2 nitrogen and oxygen atoms in total. The molecule has 0 saturated carbocycles. The van der Waals surface area contributed by atoms with Gasteiger partial charge in [-0.3, -0.25) is 0 Å². The van der Waals surface area contributed by atoms with Gasteiger partial charge >= 0.3 is 0 Å². The monoisotopic (exact) mass is 214 g/mol. The molecule has 0 aliphatic carbocycles. The van der Waals surface area contributed by atoms with E-state index in [1.54, 1.807) is 18.5 Å². The quantitative estimate of drug-likeness (QED) is 0.767. The third kappa shape index (κ3) is 2.51. The molecule has 0 spiro atoms. The van der Waals surface area contributed by atoms with Gasteiger partial charge in [0.2, 0.25) is 0 Å². The molecule has 0 aliphatic heterocycles. The highest BCUT2D eigenvalue weighted by Crippen LogP contribution is 2.13. The fourth-order valence-corrected chi connectivity index (χ4v) is 1.38. The van der Waals surface area contributed by atoms with E-state index in [1.165, 1.54) is 12.1 Å². The van der Waals surface area contributed by atoms with Gasteiger partial charge in [-0.15, -0.1) is 0 Å². The number of benzene rings is 1. The fraction of sp³-hybridized carbons (Fsp3) is 0.0769. The third-order valence-corrected chi connectivity index (χ3v) is 2.30. The highest BCUT2D eigenvalue weighted by Gasteiger charge is 1.96. The SMILES string of the molecule is Cc1ccc(F)cc1C=Cc1ccnnc1. The van der Waals surface area contributed by atoms with Crippen LogP contribution in [0.2, 0.25) is 0 Å². The van der Waals surface area contributed by atoms with Gasteiger partial charge in [0.25, 0.3) is 0 Å². The van der Waals surface area contributed by atoms with Crippen LogP contribution < -0.4 is 0 Å². The molecule has 0 radical (unpaired) electrons. The Morgan fingerprint density at radius 1 is 1.12 bits per heavy atom. The Bertz CT molecular complexity index is 507. The zero-order valence-electron chi connectivity index (χ0n) is 8.89. The van der Waals surface area contributed by atoms with Gasteiger partial charge in [-0.25, -0.2) is 4.39 Å². The Labute approximate surface area is 93.5 Å². The number of hydrogen-bond donors (Lipinski definition) is 0. The maximum Gasteiger partial charge on any atom is 0.123 e. The van der Waals surface area contributed by atoms with Crippen LogP contribution in [-0.2, 0) is 0 Å². The van der Waals surface area contributed by atoms with Gasteiger partial charge in [0.05, 0.1) is 12.4 Å². The summed E-state index contributed by atoms with van der Waals surface area (Å²) in [5.41, 5.74) is 2.86. The number of aromatic nitrogens is 2. The van der Waals surface area contributed by atoms with Crippen molar-refractivity contribution in [3.63, 3.8) is 0 Å². The van der Waals surface area contributed by atoms with E-state index in [0.29, 0.717) is 0 Å². The average Bonchev–Trinajstić information content (AvgIpc) is 2.32. The smallest absolute Gasteiger partial charge is 0.123 e. The van der Waals surface area contributed by atoms with E-state index in [1.807, 2.05) is 25.1 Å². The molecule has 3 heteroatoms. The van der Waals surface area contributed by atoms with Crippen LogP contribution in [0.4, 0.5) is 4.39 Å². The van der Waals surface area contributed by atoms with Gasteiger partial charge in [0.1, 0.15) is 5.82 Å². The summed E-state index contributed by atoms with van der Waals surface area (Å²) in [6.45, 7) is 1.95. The minimum atomic E-state index is -0.224. The minimum absolute atomic E-state index is 0.224. The van der Waals surface area contributed by atoms with E-state index < -0.39 is 0 Å². The summed E-state index contributed by atoms with van der Waals surface area (Å²) in [6, 6.07) is 6.58. The Kier molecular flexibility index (Phi) is 3.05. The summed E-state index contributed by atoms with van der Waals surface area (Å²) < 4.78 is 13.0. The summed E-state index contributed by atoms with van der Waals surface area (Å²) in [6.07, 6.45) is 7.04.